The topological polar surface area (TPSA) is 68.3 Å². The molecule has 0 saturated heterocycles. The minimum absolute atomic E-state index is 0.177. The molecule has 0 aliphatic rings. The van der Waals surface area contributed by atoms with E-state index in [4.69, 9.17) is 17.0 Å². The van der Waals surface area contributed by atoms with Crippen LogP contribution in [0.1, 0.15) is 18.8 Å². The van der Waals surface area contributed by atoms with Crippen molar-refractivity contribution in [1.29, 1.82) is 0 Å². The molecule has 0 spiro atoms. The molecule has 0 saturated carbocycles. The molecule has 0 amide bonds. The summed E-state index contributed by atoms with van der Waals surface area (Å²) in [4.78, 5) is 10.9. The predicted octanol–water partition coefficient (Wildman–Crippen LogP) is 3.95. The lowest BCUT2D eigenvalue weighted by atomic mass is 10.0. The van der Waals surface area contributed by atoms with Crippen LogP contribution in [0.4, 0.5) is 10.1 Å². The van der Waals surface area contributed by atoms with Crippen LogP contribution in [-0.4, -0.2) is 23.2 Å². The monoisotopic (exact) mass is 324 g/mol. The highest BCUT2D eigenvalue weighted by atomic mass is 19.1. The second kappa shape index (κ2) is 6.40. The molecular formula is C18H17FN4O. The van der Waals surface area contributed by atoms with E-state index >= 15 is 0 Å². The third-order valence-corrected chi connectivity index (χ3v) is 4.09. The Bertz CT molecular complexity index is 928. The first kappa shape index (κ1) is 16.1. The van der Waals surface area contributed by atoms with E-state index in [1.165, 1.54) is 6.07 Å². The van der Waals surface area contributed by atoms with Crippen molar-refractivity contribution in [2.45, 2.75) is 19.1 Å². The molecule has 2 atom stereocenters. The van der Waals surface area contributed by atoms with E-state index < -0.39 is 5.82 Å². The lowest BCUT2D eigenvalue weighted by Crippen LogP contribution is -2.26. The molecule has 1 heterocycles. The van der Waals surface area contributed by atoms with Gasteiger partial charge in [-0.25, -0.2) is 14.2 Å². The molecule has 0 bridgehead atoms. The molecule has 24 heavy (non-hydrogen) atoms. The Labute approximate surface area is 139 Å². The summed E-state index contributed by atoms with van der Waals surface area (Å²) >= 11 is 0. The number of nitrogens with zero attached hydrogens (tertiary/aromatic N) is 2. The quantitative estimate of drug-likeness (QED) is 0.714. The smallest absolute Gasteiger partial charge is 0.190 e. The van der Waals surface area contributed by atoms with E-state index in [1.54, 1.807) is 25.3 Å². The Hall–Kier alpha value is -2.75. The molecular weight excluding hydrogens is 307 g/mol. The molecule has 0 aliphatic heterocycles. The maximum atomic E-state index is 14.2. The first-order chi connectivity index (χ1) is 11.5. The van der Waals surface area contributed by atoms with Gasteiger partial charge in [-0.05, 0) is 30.7 Å². The Balaban J connectivity index is 2.02. The van der Waals surface area contributed by atoms with Gasteiger partial charge in [0, 0.05) is 12.7 Å². The minimum Gasteiger partial charge on any atom is -0.380 e. The maximum absolute atomic E-state index is 14.2. The molecule has 2 aromatic carbocycles. The van der Waals surface area contributed by atoms with Crippen LogP contribution in [0.3, 0.4) is 0 Å². The van der Waals surface area contributed by atoms with E-state index in [1.807, 2.05) is 19.1 Å². The number of ether oxygens (including phenoxy) is 1. The summed E-state index contributed by atoms with van der Waals surface area (Å²) in [7, 11) is 1.60. The van der Waals surface area contributed by atoms with Crippen molar-refractivity contribution in [2.75, 3.05) is 7.11 Å². The van der Waals surface area contributed by atoms with Gasteiger partial charge in [-0.3, -0.25) is 0 Å². The van der Waals surface area contributed by atoms with Crippen LogP contribution >= 0.6 is 0 Å². The maximum Gasteiger partial charge on any atom is 0.190 e. The molecule has 6 heteroatoms. The molecule has 0 radical (unpaired) electrons. The Kier molecular flexibility index (Phi) is 4.30. The van der Waals surface area contributed by atoms with E-state index in [9.17, 15) is 4.39 Å². The number of nitrogens with one attached hydrogen (secondary N) is 1. The van der Waals surface area contributed by atoms with Crippen LogP contribution in [0.15, 0.2) is 36.4 Å². The molecule has 3 rings (SSSR count). The number of aromatic nitrogens is 2. The minimum atomic E-state index is -0.424. The summed E-state index contributed by atoms with van der Waals surface area (Å²) in [5.41, 5.74) is 9.07. The standard InChI is InChI=1S/C18H17FN4O/c1-10(24-3)17(20)18-22-15-7-4-11(8-16(15)23-18)13-6-5-12(21-2)9-14(13)19/h4-10,17H,20H2,1,3H3,(H,22,23)/t10-,17+/m1/s1. The van der Waals surface area contributed by atoms with Gasteiger partial charge in [0.15, 0.2) is 5.69 Å². The Morgan fingerprint density at radius 1 is 1.29 bits per heavy atom. The van der Waals surface area contributed by atoms with Crippen molar-refractivity contribution < 1.29 is 9.13 Å². The van der Waals surface area contributed by atoms with Crippen LogP contribution < -0.4 is 5.73 Å². The molecule has 0 fully saturated rings. The van der Waals surface area contributed by atoms with E-state index in [0.29, 0.717) is 17.0 Å². The lowest BCUT2D eigenvalue weighted by Gasteiger charge is -2.15. The van der Waals surface area contributed by atoms with Crippen molar-refractivity contribution in [1.82, 2.24) is 9.97 Å². The van der Waals surface area contributed by atoms with Crippen LogP contribution in [0.5, 0.6) is 0 Å². The lowest BCUT2D eigenvalue weighted by molar-refractivity contribution is 0.0935. The van der Waals surface area contributed by atoms with Crippen molar-refractivity contribution in [3.05, 3.63) is 59.5 Å². The predicted molar refractivity (Wildman–Crippen MR) is 91.1 cm³/mol. The van der Waals surface area contributed by atoms with Gasteiger partial charge in [0.05, 0.1) is 29.8 Å². The average molecular weight is 324 g/mol. The molecule has 0 aliphatic carbocycles. The highest BCUT2D eigenvalue weighted by molar-refractivity contribution is 5.82. The molecule has 122 valence electrons. The third kappa shape index (κ3) is 2.87. The van der Waals surface area contributed by atoms with Crippen LogP contribution in [0.25, 0.3) is 27.0 Å². The summed E-state index contributed by atoms with van der Waals surface area (Å²) in [5.74, 6) is 0.202. The zero-order valence-electron chi connectivity index (χ0n) is 13.4. The van der Waals surface area contributed by atoms with Gasteiger partial charge in [0.1, 0.15) is 11.6 Å². The highest BCUT2D eigenvalue weighted by Crippen LogP contribution is 2.29. The number of hydrogen-bond donors (Lipinski definition) is 2. The number of imidazole rings is 1. The summed E-state index contributed by atoms with van der Waals surface area (Å²) in [6.07, 6.45) is -0.177. The number of benzene rings is 2. The number of H-pyrrole nitrogens is 1. The number of halogens is 1. The van der Waals surface area contributed by atoms with Crippen molar-refractivity contribution >= 4 is 16.7 Å². The SMILES string of the molecule is [C-]#[N+]c1ccc(-c2ccc3nc([C@@H](N)[C@@H](C)OC)[nH]c3c2)c(F)c1. The van der Waals surface area contributed by atoms with E-state index in [-0.39, 0.29) is 17.8 Å². The number of rotatable bonds is 4. The van der Waals surface area contributed by atoms with Gasteiger partial charge in [0.2, 0.25) is 0 Å². The van der Waals surface area contributed by atoms with Crippen molar-refractivity contribution in [3.8, 4) is 11.1 Å². The van der Waals surface area contributed by atoms with Gasteiger partial charge in [-0.2, -0.15) is 0 Å². The molecule has 1 aromatic heterocycles. The second-order valence-corrected chi connectivity index (χ2v) is 5.60. The number of aromatic amines is 1. The van der Waals surface area contributed by atoms with Gasteiger partial charge < -0.3 is 15.5 Å². The first-order valence-electron chi connectivity index (χ1n) is 7.49. The number of methoxy groups -OCH3 is 1. The molecule has 0 unspecified atom stereocenters. The number of fused-ring (bicyclic) bond motifs is 1. The number of hydrogen-bond acceptors (Lipinski definition) is 3. The van der Waals surface area contributed by atoms with Crippen molar-refractivity contribution in [3.63, 3.8) is 0 Å². The Morgan fingerprint density at radius 3 is 2.75 bits per heavy atom. The van der Waals surface area contributed by atoms with Gasteiger partial charge >= 0.3 is 0 Å². The zero-order chi connectivity index (χ0) is 17.3. The summed E-state index contributed by atoms with van der Waals surface area (Å²) in [6.45, 7) is 8.81. The van der Waals surface area contributed by atoms with Crippen LogP contribution in [-0.2, 0) is 4.74 Å². The summed E-state index contributed by atoms with van der Waals surface area (Å²) in [6, 6.07) is 9.52. The Morgan fingerprint density at radius 2 is 2.08 bits per heavy atom. The second-order valence-electron chi connectivity index (χ2n) is 5.60. The zero-order valence-corrected chi connectivity index (χ0v) is 13.4. The highest BCUT2D eigenvalue weighted by Gasteiger charge is 2.18. The van der Waals surface area contributed by atoms with Gasteiger partial charge in [-0.15, -0.1) is 0 Å². The van der Waals surface area contributed by atoms with E-state index in [0.717, 1.165) is 11.0 Å². The fourth-order valence-electron chi connectivity index (χ4n) is 2.53. The van der Waals surface area contributed by atoms with E-state index in [2.05, 4.69) is 14.8 Å². The molecule has 5 nitrogen and oxygen atoms in total. The fraction of sp³-hybridized carbons (Fsp3) is 0.222. The summed E-state index contributed by atoms with van der Waals surface area (Å²) < 4.78 is 19.4. The fourth-order valence-corrected chi connectivity index (χ4v) is 2.53. The van der Waals surface area contributed by atoms with Gasteiger partial charge in [-0.1, -0.05) is 18.2 Å². The average Bonchev–Trinajstić information content (AvgIpc) is 3.03. The third-order valence-electron chi connectivity index (χ3n) is 4.09. The number of nitrogens with two attached hydrogens (primary N) is 1. The van der Waals surface area contributed by atoms with Crippen molar-refractivity contribution in [2.24, 2.45) is 5.73 Å². The first-order valence-corrected chi connectivity index (χ1v) is 7.49. The largest absolute Gasteiger partial charge is 0.380 e. The summed E-state index contributed by atoms with van der Waals surface area (Å²) in [5, 5.41) is 0. The van der Waals surface area contributed by atoms with Gasteiger partial charge in [0.25, 0.3) is 0 Å². The van der Waals surface area contributed by atoms with Crippen LogP contribution in [0.2, 0.25) is 0 Å². The normalized spacial score (nSPS) is 13.6. The molecule has 3 aromatic rings. The van der Waals surface area contributed by atoms with Crippen LogP contribution in [0, 0.1) is 12.4 Å². The molecule has 3 N–H and O–H groups in total.